The van der Waals surface area contributed by atoms with E-state index in [1.807, 2.05) is 0 Å². The summed E-state index contributed by atoms with van der Waals surface area (Å²) in [5.74, 6) is 2.75. The van der Waals surface area contributed by atoms with Crippen molar-refractivity contribution >= 4 is 17.6 Å². The van der Waals surface area contributed by atoms with E-state index in [0.29, 0.717) is 6.04 Å². The number of hydrogen-bond donors (Lipinski definition) is 1. The van der Waals surface area contributed by atoms with Crippen LogP contribution >= 0.6 is 11.8 Å². The van der Waals surface area contributed by atoms with Gasteiger partial charge in [0.25, 0.3) is 0 Å². The third-order valence-corrected chi connectivity index (χ3v) is 2.24. The molecular formula is C8H15N3S. The summed E-state index contributed by atoms with van der Waals surface area (Å²) in [4.78, 5) is 4.24. The Kier molecular flexibility index (Phi) is 3.03. The van der Waals surface area contributed by atoms with E-state index in [2.05, 4.69) is 29.7 Å². The molecule has 1 rings (SSSR count). The maximum atomic E-state index is 5.76. The van der Waals surface area contributed by atoms with Crippen LogP contribution in [0.4, 0.5) is 5.82 Å². The number of hydrogen-bond acceptors (Lipinski definition) is 3. The van der Waals surface area contributed by atoms with Gasteiger partial charge in [-0.15, -0.1) is 0 Å². The molecule has 68 valence electrons. The van der Waals surface area contributed by atoms with Gasteiger partial charge in [-0.2, -0.15) is 11.8 Å². The highest BCUT2D eigenvalue weighted by atomic mass is 32.2. The Morgan fingerprint density at radius 1 is 1.67 bits per heavy atom. The molecule has 12 heavy (non-hydrogen) atoms. The zero-order chi connectivity index (χ0) is 9.14. The lowest BCUT2D eigenvalue weighted by Gasteiger charge is -2.12. The second kappa shape index (κ2) is 3.85. The van der Waals surface area contributed by atoms with Crippen LogP contribution in [-0.2, 0) is 5.75 Å². The van der Waals surface area contributed by atoms with Gasteiger partial charge in [-0.1, -0.05) is 0 Å². The molecule has 0 saturated heterocycles. The average molecular weight is 185 g/mol. The predicted molar refractivity (Wildman–Crippen MR) is 54.2 cm³/mol. The Bertz CT molecular complexity index is 255. The first kappa shape index (κ1) is 9.45. The minimum atomic E-state index is 0.398. The highest BCUT2D eigenvalue weighted by Crippen LogP contribution is 2.18. The molecule has 0 aromatic carbocycles. The van der Waals surface area contributed by atoms with E-state index < -0.39 is 0 Å². The average Bonchev–Trinajstić information content (AvgIpc) is 2.32. The van der Waals surface area contributed by atoms with Gasteiger partial charge in [-0.3, -0.25) is 0 Å². The standard InChI is InChI=1S/C8H15N3S/c1-6(2)11-7(9)4-10-8(11)5-12-3/h4,6H,5,9H2,1-3H3. The van der Waals surface area contributed by atoms with E-state index in [0.717, 1.165) is 17.4 Å². The minimum absolute atomic E-state index is 0.398. The van der Waals surface area contributed by atoms with Gasteiger partial charge in [0.2, 0.25) is 0 Å². The van der Waals surface area contributed by atoms with E-state index in [9.17, 15) is 0 Å². The molecule has 0 saturated carbocycles. The molecule has 2 N–H and O–H groups in total. The van der Waals surface area contributed by atoms with E-state index in [1.54, 1.807) is 18.0 Å². The van der Waals surface area contributed by atoms with Gasteiger partial charge in [0, 0.05) is 6.04 Å². The molecule has 0 fully saturated rings. The summed E-state index contributed by atoms with van der Waals surface area (Å²) in [7, 11) is 0. The van der Waals surface area contributed by atoms with E-state index in [1.165, 1.54) is 0 Å². The zero-order valence-corrected chi connectivity index (χ0v) is 8.56. The maximum absolute atomic E-state index is 5.76. The summed E-state index contributed by atoms with van der Waals surface area (Å²) in [6.45, 7) is 4.23. The van der Waals surface area contributed by atoms with Gasteiger partial charge in [0.1, 0.15) is 11.6 Å². The van der Waals surface area contributed by atoms with Gasteiger partial charge in [0.05, 0.1) is 11.9 Å². The molecule has 3 nitrogen and oxygen atoms in total. The monoisotopic (exact) mass is 185 g/mol. The summed E-state index contributed by atoms with van der Waals surface area (Å²) >= 11 is 1.76. The summed E-state index contributed by atoms with van der Waals surface area (Å²) in [6.07, 6.45) is 3.79. The molecule has 0 aliphatic carbocycles. The second-order valence-corrected chi connectivity index (χ2v) is 3.86. The molecular weight excluding hydrogens is 170 g/mol. The lowest BCUT2D eigenvalue weighted by molar-refractivity contribution is 0.588. The molecule has 0 bridgehead atoms. The highest BCUT2D eigenvalue weighted by molar-refractivity contribution is 7.97. The van der Waals surface area contributed by atoms with Crippen LogP contribution in [0.5, 0.6) is 0 Å². The van der Waals surface area contributed by atoms with Crippen molar-refractivity contribution in [3.8, 4) is 0 Å². The van der Waals surface area contributed by atoms with Crippen LogP contribution in [0.2, 0.25) is 0 Å². The molecule has 0 atom stereocenters. The largest absolute Gasteiger partial charge is 0.384 e. The van der Waals surface area contributed by atoms with Crippen molar-refractivity contribution in [2.45, 2.75) is 25.6 Å². The van der Waals surface area contributed by atoms with Gasteiger partial charge < -0.3 is 10.3 Å². The number of aromatic nitrogens is 2. The molecule has 0 unspecified atom stereocenters. The van der Waals surface area contributed by atoms with Crippen LogP contribution in [0.3, 0.4) is 0 Å². The SMILES string of the molecule is CSCc1ncc(N)n1C(C)C. The number of nitrogen functional groups attached to an aromatic ring is 1. The number of imidazole rings is 1. The summed E-state index contributed by atoms with van der Waals surface area (Å²) in [5, 5.41) is 0. The van der Waals surface area contributed by atoms with Crippen LogP contribution in [-0.4, -0.2) is 15.8 Å². The van der Waals surface area contributed by atoms with Crippen LogP contribution in [0.25, 0.3) is 0 Å². The number of nitrogens with zero attached hydrogens (tertiary/aromatic N) is 2. The Hall–Kier alpha value is -0.640. The molecule has 0 spiro atoms. The molecule has 0 aliphatic heterocycles. The predicted octanol–water partition coefficient (Wildman–Crippen LogP) is 1.91. The number of anilines is 1. The Balaban J connectivity index is 2.95. The van der Waals surface area contributed by atoms with Crippen molar-refractivity contribution in [3.63, 3.8) is 0 Å². The zero-order valence-electron chi connectivity index (χ0n) is 7.74. The van der Waals surface area contributed by atoms with Crippen LogP contribution < -0.4 is 5.73 Å². The molecule has 1 heterocycles. The quantitative estimate of drug-likeness (QED) is 0.782. The third kappa shape index (κ3) is 1.75. The Morgan fingerprint density at radius 2 is 2.33 bits per heavy atom. The Labute approximate surface area is 77.4 Å². The van der Waals surface area contributed by atoms with Gasteiger partial charge in [-0.05, 0) is 20.1 Å². The number of thioether (sulfide) groups is 1. The fourth-order valence-corrected chi connectivity index (χ4v) is 1.72. The van der Waals surface area contributed by atoms with Crippen molar-refractivity contribution in [1.82, 2.24) is 9.55 Å². The summed E-state index contributed by atoms with van der Waals surface area (Å²) in [6, 6.07) is 0.398. The van der Waals surface area contributed by atoms with Crippen molar-refractivity contribution in [3.05, 3.63) is 12.0 Å². The van der Waals surface area contributed by atoms with Crippen molar-refractivity contribution < 1.29 is 0 Å². The summed E-state index contributed by atoms with van der Waals surface area (Å²) < 4.78 is 2.07. The van der Waals surface area contributed by atoms with E-state index >= 15 is 0 Å². The van der Waals surface area contributed by atoms with Gasteiger partial charge in [0.15, 0.2) is 0 Å². The molecule has 1 aromatic heterocycles. The molecule has 0 aliphatic rings. The first-order valence-corrected chi connectivity index (χ1v) is 5.36. The first-order valence-electron chi connectivity index (χ1n) is 3.97. The van der Waals surface area contributed by atoms with Crippen molar-refractivity contribution in [2.24, 2.45) is 0 Å². The smallest absolute Gasteiger partial charge is 0.123 e. The number of nitrogens with two attached hydrogens (primary N) is 1. The first-order chi connectivity index (χ1) is 5.66. The lowest BCUT2D eigenvalue weighted by atomic mass is 10.4. The fraction of sp³-hybridized carbons (Fsp3) is 0.625. The normalized spacial score (nSPS) is 11.0. The Morgan fingerprint density at radius 3 is 2.83 bits per heavy atom. The molecule has 1 aromatic rings. The molecule has 0 radical (unpaired) electrons. The van der Waals surface area contributed by atoms with E-state index in [-0.39, 0.29) is 0 Å². The third-order valence-electron chi connectivity index (χ3n) is 1.69. The fourth-order valence-electron chi connectivity index (χ4n) is 1.25. The van der Waals surface area contributed by atoms with Gasteiger partial charge >= 0.3 is 0 Å². The van der Waals surface area contributed by atoms with Crippen LogP contribution in [0.15, 0.2) is 6.20 Å². The minimum Gasteiger partial charge on any atom is -0.384 e. The summed E-state index contributed by atoms with van der Waals surface area (Å²) in [5.41, 5.74) is 5.76. The lowest BCUT2D eigenvalue weighted by Crippen LogP contribution is -2.08. The molecule has 4 heteroatoms. The van der Waals surface area contributed by atoms with Crippen molar-refractivity contribution in [2.75, 3.05) is 12.0 Å². The number of rotatable bonds is 3. The van der Waals surface area contributed by atoms with E-state index in [4.69, 9.17) is 5.73 Å². The highest BCUT2D eigenvalue weighted by Gasteiger charge is 2.08. The second-order valence-electron chi connectivity index (χ2n) is 3.00. The van der Waals surface area contributed by atoms with Crippen LogP contribution in [0.1, 0.15) is 25.7 Å². The molecule has 0 amide bonds. The topological polar surface area (TPSA) is 43.8 Å². The van der Waals surface area contributed by atoms with Gasteiger partial charge in [-0.25, -0.2) is 4.98 Å². The maximum Gasteiger partial charge on any atom is 0.123 e. The van der Waals surface area contributed by atoms with Crippen LogP contribution in [0, 0.1) is 0 Å². The van der Waals surface area contributed by atoms with Crippen molar-refractivity contribution in [1.29, 1.82) is 0 Å².